The van der Waals surface area contributed by atoms with Gasteiger partial charge >= 0.3 is 0 Å². The van der Waals surface area contributed by atoms with Gasteiger partial charge in [-0.15, -0.1) is 11.3 Å². The summed E-state index contributed by atoms with van der Waals surface area (Å²) in [6.45, 7) is 1.43. The van der Waals surface area contributed by atoms with Gasteiger partial charge in [0.25, 0.3) is 5.56 Å². The highest BCUT2D eigenvalue weighted by molar-refractivity contribution is 7.22. The second kappa shape index (κ2) is 9.09. The number of hydrogen-bond acceptors (Lipinski definition) is 5. The summed E-state index contributed by atoms with van der Waals surface area (Å²) in [7, 11) is 0. The van der Waals surface area contributed by atoms with Crippen LogP contribution in [-0.2, 0) is 24.3 Å². The molecule has 6 nitrogen and oxygen atoms in total. The van der Waals surface area contributed by atoms with Crippen molar-refractivity contribution in [3.05, 3.63) is 87.4 Å². The predicted octanol–water partition coefficient (Wildman–Crippen LogP) is 4.11. The molecule has 0 radical (unpaired) electrons. The Morgan fingerprint density at radius 2 is 1.79 bits per heavy atom. The third kappa shape index (κ3) is 4.71. The second-order valence-corrected chi connectivity index (χ2v) is 9.76. The molecule has 0 unspecified atom stereocenters. The number of likely N-dealkylation sites (tertiary alicyclic amines) is 1. The molecule has 0 aliphatic carbocycles. The molecule has 1 fully saturated rings. The maximum absolute atomic E-state index is 13.0. The number of aryl methyl sites for hydroxylation is 2. The number of benzene rings is 2. The number of aromatic nitrogens is 2. The van der Waals surface area contributed by atoms with E-state index in [9.17, 15) is 14.7 Å². The largest absolute Gasteiger partial charge is 0.391 e. The summed E-state index contributed by atoms with van der Waals surface area (Å²) < 4.78 is 2.30. The van der Waals surface area contributed by atoms with E-state index in [0.717, 1.165) is 21.6 Å². The zero-order valence-electron chi connectivity index (χ0n) is 17.8. The molecule has 8 heteroatoms. The molecular formula is C25H22ClN3O3S. The maximum Gasteiger partial charge on any atom is 0.271 e. The maximum atomic E-state index is 13.0. The molecule has 5 rings (SSSR count). The van der Waals surface area contributed by atoms with Gasteiger partial charge < -0.3 is 10.0 Å². The minimum Gasteiger partial charge on any atom is -0.391 e. The molecule has 3 heterocycles. The van der Waals surface area contributed by atoms with Gasteiger partial charge in [0.1, 0.15) is 4.70 Å². The molecule has 33 heavy (non-hydrogen) atoms. The van der Waals surface area contributed by atoms with Gasteiger partial charge in [-0.05, 0) is 41.3 Å². The number of halogens is 1. The monoisotopic (exact) mass is 479 g/mol. The molecule has 0 spiro atoms. The van der Waals surface area contributed by atoms with Crippen LogP contribution in [-0.4, -0.2) is 38.1 Å². The molecule has 2 aromatic heterocycles. The molecule has 168 valence electrons. The quantitative estimate of drug-likeness (QED) is 0.451. The van der Waals surface area contributed by atoms with Crippen LogP contribution in [0.5, 0.6) is 0 Å². The van der Waals surface area contributed by atoms with Crippen LogP contribution >= 0.6 is 22.9 Å². The Morgan fingerprint density at radius 1 is 1.06 bits per heavy atom. The number of aliphatic hydroxyl groups is 1. The number of fused-ring (bicyclic) bond motifs is 1. The number of amides is 1. The van der Waals surface area contributed by atoms with Crippen LogP contribution in [0, 0.1) is 0 Å². The standard InChI is InChI=1S/C25H22ClN3O3S/c26-19-7-5-18(6-8-19)22-12-21-24(33-22)25(32)28(15-27-21)10-9-16-1-3-17(4-2-16)13-29-14-20(30)11-23(29)31/h1-8,12,15,20,30H,9-11,13-14H2/t20-/m1/s1. The molecule has 4 aromatic rings. The molecule has 0 saturated carbocycles. The number of rotatable bonds is 6. The SMILES string of the molecule is O=C1C[C@@H](O)CN1Cc1ccc(CCn2cnc3cc(-c4ccc(Cl)cc4)sc3c2=O)cc1. The highest BCUT2D eigenvalue weighted by atomic mass is 35.5. The lowest BCUT2D eigenvalue weighted by Crippen LogP contribution is -2.25. The van der Waals surface area contributed by atoms with E-state index < -0.39 is 6.10 Å². The molecular weight excluding hydrogens is 458 g/mol. The lowest BCUT2D eigenvalue weighted by Gasteiger charge is -2.16. The third-order valence-corrected chi connectivity index (χ3v) is 7.28. The van der Waals surface area contributed by atoms with E-state index in [1.165, 1.54) is 11.3 Å². The van der Waals surface area contributed by atoms with E-state index >= 15 is 0 Å². The van der Waals surface area contributed by atoms with E-state index in [-0.39, 0.29) is 17.9 Å². The molecule has 2 aromatic carbocycles. The van der Waals surface area contributed by atoms with Crippen LogP contribution in [0.25, 0.3) is 20.7 Å². The van der Waals surface area contributed by atoms with E-state index in [2.05, 4.69) is 4.98 Å². The number of β-amino-alcohol motifs (C(OH)–C–C–N with tert-alkyl or cyclic N) is 1. The average molecular weight is 480 g/mol. The lowest BCUT2D eigenvalue weighted by atomic mass is 10.1. The van der Waals surface area contributed by atoms with Crippen molar-refractivity contribution >= 4 is 39.1 Å². The lowest BCUT2D eigenvalue weighted by molar-refractivity contribution is -0.128. The van der Waals surface area contributed by atoms with Crippen molar-refractivity contribution in [1.82, 2.24) is 14.5 Å². The minimum atomic E-state index is -0.563. The van der Waals surface area contributed by atoms with Gasteiger partial charge in [0.2, 0.25) is 5.91 Å². The summed E-state index contributed by atoms with van der Waals surface area (Å²) >= 11 is 7.43. The summed E-state index contributed by atoms with van der Waals surface area (Å²) in [4.78, 5) is 32.0. The van der Waals surface area contributed by atoms with Crippen molar-refractivity contribution in [2.45, 2.75) is 32.0 Å². The van der Waals surface area contributed by atoms with E-state index in [1.807, 2.05) is 54.6 Å². The number of nitrogens with zero attached hydrogens (tertiary/aromatic N) is 3. The predicted molar refractivity (Wildman–Crippen MR) is 131 cm³/mol. The van der Waals surface area contributed by atoms with Crippen LogP contribution in [0.2, 0.25) is 5.02 Å². The highest BCUT2D eigenvalue weighted by Crippen LogP contribution is 2.31. The van der Waals surface area contributed by atoms with Crippen LogP contribution in [0.3, 0.4) is 0 Å². The first-order valence-electron chi connectivity index (χ1n) is 10.7. The first-order chi connectivity index (χ1) is 16.0. The van der Waals surface area contributed by atoms with Crippen LogP contribution in [0.15, 0.2) is 65.7 Å². The summed E-state index contributed by atoms with van der Waals surface area (Å²) in [5.74, 6) is -0.0124. The first-order valence-corrected chi connectivity index (χ1v) is 11.9. The zero-order valence-corrected chi connectivity index (χ0v) is 19.4. The Hall–Kier alpha value is -3.00. The molecule has 0 bridgehead atoms. The van der Waals surface area contributed by atoms with Crippen molar-refractivity contribution < 1.29 is 9.90 Å². The molecule has 1 aliphatic rings. The molecule has 1 N–H and O–H groups in total. The second-order valence-electron chi connectivity index (χ2n) is 8.27. The first kappa shape index (κ1) is 21.8. The molecule has 1 atom stereocenters. The fourth-order valence-electron chi connectivity index (χ4n) is 4.05. The van der Waals surface area contributed by atoms with Crippen LogP contribution < -0.4 is 5.56 Å². The Kier molecular flexibility index (Phi) is 6.01. The van der Waals surface area contributed by atoms with Gasteiger partial charge in [-0.3, -0.25) is 14.2 Å². The van der Waals surface area contributed by atoms with Crippen molar-refractivity contribution in [3.63, 3.8) is 0 Å². The number of carbonyl (C=O) groups is 1. The van der Waals surface area contributed by atoms with E-state index in [4.69, 9.17) is 11.6 Å². The average Bonchev–Trinajstić information content (AvgIpc) is 3.38. The Labute approximate surface area is 199 Å². The van der Waals surface area contributed by atoms with Crippen LogP contribution in [0.1, 0.15) is 17.5 Å². The van der Waals surface area contributed by atoms with E-state index in [0.29, 0.717) is 41.3 Å². The van der Waals surface area contributed by atoms with Gasteiger partial charge in [0.15, 0.2) is 0 Å². The molecule has 1 saturated heterocycles. The zero-order chi connectivity index (χ0) is 22.9. The van der Waals surface area contributed by atoms with Crippen LogP contribution in [0.4, 0.5) is 0 Å². The van der Waals surface area contributed by atoms with Gasteiger partial charge in [0, 0.05) is 29.5 Å². The van der Waals surface area contributed by atoms with Gasteiger partial charge in [-0.25, -0.2) is 4.98 Å². The molecule has 1 aliphatic heterocycles. The summed E-state index contributed by atoms with van der Waals surface area (Å²) in [5, 5.41) is 10.3. The fourth-order valence-corrected chi connectivity index (χ4v) is 5.24. The number of aliphatic hydroxyl groups excluding tert-OH is 1. The van der Waals surface area contributed by atoms with Crippen molar-refractivity contribution in [2.75, 3.05) is 6.54 Å². The number of carbonyl (C=O) groups excluding carboxylic acids is 1. The van der Waals surface area contributed by atoms with Gasteiger partial charge in [0.05, 0.1) is 24.4 Å². The topological polar surface area (TPSA) is 75.4 Å². The van der Waals surface area contributed by atoms with Gasteiger partial charge in [-0.2, -0.15) is 0 Å². The third-order valence-electron chi connectivity index (χ3n) is 5.86. The Bertz CT molecular complexity index is 1360. The van der Waals surface area contributed by atoms with Gasteiger partial charge in [-0.1, -0.05) is 48.0 Å². The smallest absolute Gasteiger partial charge is 0.271 e. The minimum absolute atomic E-state index is 0.0124. The highest BCUT2D eigenvalue weighted by Gasteiger charge is 2.27. The summed E-state index contributed by atoms with van der Waals surface area (Å²) in [5.41, 5.74) is 3.81. The summed E-state index contributed by atoms with van der Waals surface area (Å²) in [6.07, 6.45) is 1.95. The summed E-state index contributed by atoms with van der Waals surface area (Å²) in [6, 6.07) is 17.5. The van der Waals surface area contributed by atoms with Crippen molar-refractivity contribution in [1.29, 1.82) is 0 Å². The molecule has 1 amide bonds. The van der Waals surface area contributed by atoms with E-state index in [1.54, 1.807) is 15.8 Å². The normalized spacial score (nSPS) is 16.1. The van der Waals surface area contributed by atoms with Crippen molar-refractivity contribution in [3.8, 4) is 10.4 Å². The Morgan fingerprint density at radius 3 is 2.48 bits per heavy atom. The fraction of sp³-hybridized carbons (Fsp3) is 0.240. The number of hydrogen-bond donors (Lipinski definition) is 1. The number of thiophene rings is 1. The Balaban J connectivity index is 1.27. The van der Waals surface area contributed by atoms with Crippen molar-refractivity contribution in [2.24, 2.45) is 0 Å².